The van der Waals surface area contributed by atoms with Gasteiger partial charge in [-0.1, -0.05) is 5.16 Å². The van der Waals surface area contributed by atoms with E-state index < -0.39 is 0 Å². The second-order valence-electron chi connectivity index (χ2n) is 6.11. The van der Waals surface area contributed by atoms with Crippen LogP contribution in [0.5, 0.6) is 0 Å². The predicted octanol–water partition coefficient (Wildman–Crippen LogP) is 1.91. The Balaban J connectivity index is 1.59. The van der Waals surface area contributed by atoms with Crippen LogP contribution >= 0.6 is 0 Å². The van der Waals surface area contributed by atoms with Crippen LogP contribution in [0.25, 0.3) is 0 Å². The highest BCUT2D eigenvalue weighted by Crippen LogP contribution is 2.48. The van der Waals surface area contributed by atoms with E-state index in [4.69, 9.17) is 9.26 Å². The van der Waals surface area contributed by atoms with Gasteiger partial charge in [-0.3, -0.25) is 4.79 Å². The van der Waals surface area contributed by atoms with Crippen LogP contribution in [0, 0.1) is 19.3 Å². The largest absolute Gasteiger partial charge is 0.381 e. The van der Waals surface area contributed by atoms with Gasteiger partial charge in [-0.05, 0) is 44.9 Å². The van der Waals surface area contributed by atoms with Gasteiger partial charge in [0, 0.05) is 24.8 Å². The third-order valence-corrected chi connectivity index (χ3v) is 5.01. The molecule has 1 aliphatic carbocycles. The third kappa shape index (κ3) is 2.35. The minimum atomic E-state index is 0.0787. The Morgan fingerprint density at radius 1 is 1.35 bits per heavy atom. The normalized spacial score (nSPS) is 24.4. The first-order chi connectivity index (χ1) is 9.61. The lowest BCUT2D eigenvalue weighted by molar-refractivity contribution is -0.126. The lowest BCUT2D eigenvalue weighted by atomic mass is 9.60. The molecule has 2 heterocycles. The third-order valence-electron chi connectivity index (χ3n) is 5.01. The molecule has 1 amide bonds. The first-order valence-corrected chi connectivity index (χ1v) is 7.40. The Bertz CT molecular complexity index is 484. The van der Waals surface area contributed by atoms with Crippen molar-refractivity contribution in [1.82, 2.24) is 10.5 Å². The van der Waals surface area contributed by atoms with Crippen LogP contribution in [-0.4, -0.2) is 30.3 Å². The maximum atomic E-state index is 12.2. The van der Waals surface area contributed by atoms with E-state index in [9.17, 15) is 4.79 Å². The van der Waals surface area contributed by atoms with E-state index >= 15 is 0 Å². The summed E-state index contributed by atoms with van der Waals surface area (Å²) in [6, 6.07) is 0.319. The number of carbonyl (C=O) groups excluding carboxylic acids is 1. The summed E-state index contributed by atoms with van der Waals surface area (Å²) < 4.78 is 10.5. The molecule has 1 aromatic heterocycles. The molecule has 0 radical (unpaired) electrons. The molecular formula is C15H22N2O3. The number of hydrogen-bond donors (Lipinski definition) is 1. The maximum absolute atomic E-state index is 12.2. The van der Waals surface area contributed by atoms with Gasteiger partial charge in [0.15, 0.2) is 0 Å². The molecule has 0 aromatic carbocycles. The van der Waals surface area contributed by atoms with Crippen LogP contribution in [0.4, 0.5) is 0 Å². The van der Waals surface area contributed by atoms with Gasteiger partial charge in [0.2, 0.25) is 5.91 Å². The topological polar surface area (TPSA) is 64.4 Å². The van der Waals surface area contributed by atoms with E-state index in [0.717, 1.165) is 49.5 Å². The summed E-state index contributed by atoms with van der Waals surface area (Å²) in [6.45, 7) is 5.39. The summed E-state index contributed by atoms with van der Waals surface area (Å²) in [5, 5.41) is 7.10. The number of ether oxygens (including phenoxy) is 1. The molecule has 1 aromatic rings. The minimum absolute atomic E-state index is 0.0787. The fourth-order valence-corrected chi connectivity index (χ4v) is 3.46. The fourth-order valence-electron chi connectivity index (χ4n) is 3.46. The van der Waals surface area contributed by atoms with Gasteiger partial charge in [-0.2, -0.15) is 0 Å². The lowest BCUT2D eigenvalue weighted by Gasteiger charge is -2.52. The van der Waals surface area contributed by atoms with Crippen molar-refractivity contribution >= 4 is 5.91 Å². The highest BCUT2D eigenvalue weighted by Gasteiger charge is 2.47. The highest BCUT2D eigenvalue weighted by molar-refractivity contribution is 5.79. The van der Waals surface area contributed by atoms with E-state index in [-0.39, 0.29) is 5.91 Å². The Hall–Kier alpha value is -1.36. The summed E-state index contributed by atoms with van der Waals surface area (Å²) in [7, 11) is 0. The quantitative estimate of drug-likeness (QED) is 0.917. The average Bonchev–Trinajstić information content (AvgIpc) is 2.76. The number of nitrogens with zero attached hydrogens (tertiary/aromatic N) is 1. The smallest absolute Gasteiger partial charge is 0.224 e. The van der Waals surface area contributed by atoms with Gasteiger partial charge >= 0.3 is 0 Å². The molecule has 1 unspecified atom stereocenters. The van der Waals surface area contributed by atoms with Crippen LogP contribution in [-0.2, 0) is 16.0 Å². The van der Waals surface area contributed by atoms with Gasteiger partial charge in [-0.25, -0.2) is 0 Å². The lowest BCUT2D eigenvalue weighted by Crippen LogP contribution is -2.57. The number of rotatable bonds is 3. The molecule has 2 aliphatic rings. The van der Waals surface area contributed by atoms with Crippen molar-refractivity contribution in [1.29, 1.82) is 0 Å². The van der Waals surface area contributed by atoms with E-state index in [2.05, 4.69) is 10.5 Å². The van der Waals surface area contributed by atoms with E-state index in [1.807, 2.05) is 13.8 Å². The van der Waals surface area contributed by atoms with Crippen molar-refractivity contribution in [2.75, 3.05) is 13.2 Å². The zero-order chi connectivity index (χ0) is 14.2. The fraction of sp³-hybridized carbons (Fsp3) is 0.733. The Morgan fingerprint density at radius 2 is 2.10 bits per heavy atom. The van der Waals surface area contributed by atoms with Crippen LogP contribution < -0.4 is 5.32 Å². The van der Waals surface area contributed by atoms with Crippen molar-refractivity contribution in [3.63, 3.8) is 0 Å². The molecule has 1 N–H and O–H groups in total. The molecule has 1 saturated carbocycles. The minimum Gasteiger partial charge on any atom is -0.381 e. The van der Waals surface area contributed by atoms with Crippen LogP contribution in [0.1, 0.15) is 42.7 Å². The zero-order valence-corrected chi connectivity index (χ0v) is 12.2. The molecule has 5 nitrogen and oxygen atoms in total. The molecular weight excluding hydrogens is 256 g/mol. The summed E-state index contributed by atoms with van der Waals surface area (Å²) in [5.41, 5.74) is 2.03. The van der Waals surface area contributed by atoms with Crippen molar-refractivity contribution in [2.45, 2.75) is 52.0 Å². The molecule has 1 atom stereocenters. The zero-order valence-electron chi connectivity index (χ0n) is 12.2. The Labute approximate surface area is 119 Å². The number of nitrogens with one attached hydrogen (secondary N) is 1. The Kier molecular flexibility index (Phi) is 3.54. The molecule has 0 bridgehead atoms. The molecule has 1 aliphatic heterocycles. The van der Waals surface area contributed by atoms with Crippen molar-refractivity contribution in [2.24, 2.45) is 5.41 Å². The van der Waals surface area contributed by atoms with Gasteiger partial charge < -0.3 is 14.6 Å². The van der Waals surface area contributed by atoms with Crippen molar-refractivity contribution < 1.29 is 14.1 Å². The summed E-state index contributed by atoms with van der Waals surface area (Å²) in [4.78, 5) is 12.2. The number of aromatic nitrogens is 1. The van der Waals surface area contributed by atoms with Crippen LogP contribution in [0.15, 0.2) is 4.52 Å². The highest BCUT2D eigenvalue weighted by atomic mass is 16.5. The second-order valence-corrected chi connectivity index (χ2v) is 6.11. The Morgan fingerprint density at radius 3 is 2.65 bits per heavy atom. The molecule has 5 heteroatoms. The van der Waals surface area contributed by atoms with E-state index in [1.54, 1.807) is 0 Å². The number of aryl methyl sites for hydroxylation is 2. The SMILES string of the molecule is Cc1noc(C)c1CC(=O)NC1CCC12CCOCC2. The maximum Gasteiger partial charge on any atom is 0.224 e. The predicted molar refractivity (Wildman–Crippen MR) is 73.3 cm³/mol. The van der Waals surface area contributed by atoms with Gasteiger partial charge in [0.25, 0.3) is 0 Å². The first kappa shape index (κ1) is 13.6. The monoisotopic (exact) mass is 278 g/mol. The first-order valence-electron chi connectivity index (χ1n) is 7.40. The number of hydrogen-bond acceptors (Lipinski definition) is 4. The molecule has 1 saturated heterocycles. The van der Waals surface area contributed by atoms with Crippen molar-refractivity contribution in [3.8, 4) is 0 Å². The van der Waals surface area contributed by atoms with Crippen LogP contribution in [0.2, 0.25) is 0 Å². The van der Waals surface area contributed by atoms with Crippen LogP contribution in [0.3, 0.4) is 0 Å². The van der Waals surface area contributed by atoms with Gasteiger partial charge in [-0.15, -0.1) is 0 Å². The number of carbonyl (C=O) groups is 1. The molecule has 3 rings (SSSR count). The number of amides is 1. The van der Waals surface area contributed by atoms with Gasteiger partial charge in [0.1, 0.15) is 5.76 Å². The molecule has 1 spiro atoms. The molecule has 2 fully saturated rings. The van der Waals surface area contributed by atoms with Crippen molar-refractivity contribution in [3.05, 3.63) is 17.0 Å². The molecule has 110 valence electrons. The standard InChI is InChI=1S/C15H22N2O3/c1-10-12(11(2)20-17-10)9-14(18)16-13-3-4-15(13)5-7-19-8-6-15/h13H,3-9H2,1-2H3,(H,16,18). The summed E-state index contributed by atoms with van der Waals surface area (Å²) in [5.74, 6) is 0.821. The van der Waals surface area contributed by atoms with E-state index in [0.29, 0.717) is 17.9 Å². The van der Waals surface area contributed by atoms with E-state index in [1.165, 1.54) is 6.42 Å². The summed E-state index contributed by atoms with van der Waals surface area (Å²) >= 11 is 0. The second kappa shape index (κ2) is 5.20. The molecule has 20 heavy (non-hydrogen) atoms. The summed E-state index contributed by atoms with van der Waals surface area (Å²) in [6.07, 6.45) is 4.82. The van der Waals surface area contributed by atoms with Gasteiger partial charge in [0.05, 0.1) is 12.1 Å². The average molecular weight is 278 g/mol.